The van der Waals surface area contributed by atoms with E-state index in [4.69, 9.17) is 10.5 Å². The average Bonchev–Trinajstić information content (AvgIpc) is 3.75. The molecule has 0 radical (unpaired) electrons. The van der Waals surface area contributed by atoms with Crippen LogP contribution in [0.4, 0.5) is 0 Å². The van der Waals surface area contributed by atoms with Crippen LogP contribution in [0.1, 0.15) is 34.3 Å². The molecule has 0 bridgehead atoms. The van der Waals surface area contributed by atoms with E-state index < -0.39 is 11.4 Å². The Hall–Kier alpha value is -4.56. The van der Waals surface area contributed by atoms with Gasteiger partial charge in [0.25, 0.3) is 11.8 Å². The highest BCUT2D eigenvalue weighted by atomic mass is 16.5. The Bertz CT molecular complexity index is 1580. The summed E-state index contributed by atoms with van der Waals surface area (Å²) in [6, 6.07) is 22.6. The van der Waals surface area contributed by atoms with Gasteiger partial charge in [-0.2, -0.15) is 0 Å². The molecule has 0 saturated heterocycles. The first-order valence-electron chi connectivity index (χ1n) is 13.0. The zero-order chi connectivity index (χ0) is 27.0. The van der Waals surface area contributed by atoms with Crippen molar-refractivity contribution in [1.29, 1.82) is 0 Å². The molecule has 6 rings (SSSR count). The summed E-state index contributed by atoms with van der Waals surface area (Å²) in [4.78, 5) is 43.8. The van der Waals surface area contributed by atoms with E-state index in [1.165, 1.54) is 12.8 Å². The van der Waals surface area contributed by atoms with Gasteiger partial charge in [-0.3, -0.25) is 24.7 Å². The topological polar surface area (TPSA) is 115 Å². The number of nitrogens with two attached hydrogens (primary N) is 1. The number of para-hydroxylation sites is 1. The molecule has 4 aromatic rings. The summed E-state index contributed by atoms with van der Waals surface area (Å²) < 4.78 is 5.85. The van der Waals surface area contributed by atoms with Gasteiger partial charge in [0.15, 0.2) is 0 Å². The first-order chi connectivity index (χ1) is 19.0. The Kier molecular flexibility index (Phi) is 6.32. The molecule has 1 saturated carbocycles. The molecule has 0 unspecified atom stereocenters. The third-order valence-corrected chi connectivity index (χ3v) is 7.52. The number of aromatic nitrogens is 1. The number of hydrogen-bond acceptors (Lipinski definition) is 6. The Morgan fingerprint density at radius 2 is 1.87 bits per heavy atom. The number of carbonyl (C=O) groups excluding carboxylic acids is 3. The number of rotatable bonds is 9. The minimum Gasteiger partial charge on any atom is -0.493 e. The Balaban J connectivity index is 1.27. The Labute approximate surface area is 225 Å². The van der Waals surface area contributed by atoms with Crippen molar-refractivity contribution in [3.63, 3.8) is 0 Å². The Morgan fingerprint density at radius 1 is 1.08 bits per heavy atom. The number of benzene rings is 3. The zero-order valence-electron chi connectivity index (χ0n) is 21.3. The molecule has 3 N–H and O–H groups in total. The van der Waals surface area contributed by atoms with E-state index in [0.29, 0.717) is 42.4 Å². The molecule has 3 amide bonds. The van der Waals surface area contributed by atoms with E-state index >= 15 is 0 Å². The van der Waals surface area contributed by atoms with Crippen LogP contribution in [0.3, 0.4) is 0 Å². The van der Waals surface area contributed by atoms with Crippen molar-refractivity contribution in [1.82, 2.24) is 15.2 Å². The van der Waals surface area contributed by atoms with Gasteiger partial charge in [0.2, 0.25) is 6.41 Å². The van der Waals surface area contributed by atoms with E-state index in [0.717, 1.165) is 27.6 Å². The van der Waals surface area contributed by atoms with Crippen molar-refractivity contribution in [3.05, 3.63) is 95.7 Å². The van der Waals surface area contributed by atoms with E-state index in [-0.39, 0.29) is 12.5 Å². The van der Waals surface area contributed by atoms with Crippen molar-refractivity contribution in [2.45, 2.75) is 24.9 Å². The third-order valence-electron chi connectivity index (χ3n) is 7.52. The number of hydrogen-bond donors (Lipinski definition) is 2. The van der Waals surface area contributed by atoms with Crippen LogP contribution in [0.15, 0.2) is 79.0 Å². The lowest BCUT2D eigenvalue weighted by Gasteiger charge is -2.32. The van der Waals surface area contributed by atoms with Crippen LogP contribution in [-0.2, 0) is 21.7 Å². The van der Waals surface area contributed by atoms with Crippen LogP contribution in [0.5, 0.6) is 5.75 Å². The Morgan fingerprint density at radius 3 is 2.64 bits per heavy atom. The van der Waals surface area contributed by atoms with Gasteiger partial charge in [-0.1, -0.05) is 54.6 Å². The fraction of sp³-hybridized carbons (Fsp3) is 0.226. The van der Waals surface area contributed by atoms with Gasteiger partial charge in [0, 0.05) is 29.3 Å². The number of ether oxygens (including phenoxy) is 1. The van der Waals surface area contributed by atoms with Gasteiger partial charge in [-0.05, 0) is 53.6 Å². The zero-order valence-corrected chi connectivity index (χ0v) is 21.3. The molecule has 39 heavy (non-hydrogen) atoms. The lowest BCUT2D eigenvalue weighted by atomic mass is 9.87. The maximum Gasteiger partial charge on any atom is 0.254 e. The molecule has 2 heterocycles. The van der Waals surface area contributed by atoms with E-state index in [2.05, 4.69) is 10.3 Å². The molecule has 196 valence electrons. The largest absolute Gasteiger partial charge is 0.493 e. The van der Waals surface area contributed by atoms with Crippen LogP contribution in [0.2, 0.25) is 0 Å². The van der Waals surface area contributed by atoms with Gasteiger partial charge >= 0.3 is 0 Å². The second kappa shape index (κ2) is 9.96. The number of nitrogens with one attached hydrogen (secondary N) is 1. The fourth-order valence-corrected chi connectivity index (χ4v) is 5.12. The van der Waals surface area contributed by atoms with Crippen LogP contribution < -0.4 is 15.8 Å². The highest BCUT2D eigenvalue weighted by Crippen LogP contribution is 2.34. The number of nitrogens with zero attached hydrogens (tertiary/aromatic N) is 2. The van der Waals surface area contributed by atoms with Gasteiger partial charge < -0.3 is 15.4 Å². The normalized spacial score (nSPS) is 16.0. The van der Waals surface area contributed by atoms with Crippen LogP contribution in [0, 0.1) is 5.92 Å². The summed E-state index contributed by atoms with van der Waals surface area (Å²) in [6.45, 7) is 0.858. The molecule has 8 nitrogen and oxygen atoms in total. The molecular formula is C31H28N4O4. The van der Waals surface area contributed by atoms with Gasteiger partial charge in [-0.15, -0.1) is 0 Å². The molecule has 1 aliphatic carbocycles. The highest BCUT2D eigenvalue weighted by molar-refractivity contribution is 6.00. The SMILES string of the molecule is N[C@](CN1Cc2ccc(OCC3CC3)cc2C1=O)(C(=O)NC=O)c1ccc(-c2cccc3cccnc23)cc1. The third kappa shape index (κ3) is 4.75. The maximum atomic E-state index is 13.4. The minimum absolute atomic E-state index is 0.104. The van der Waals surface area contributed by atoms with E-state index in [9.17, 15) is 14.4 Å². The molecule has 2 aliphatic rings. The van der Waals surface area contributed by atoms with E-state index in [1.807, 2.05) is 54.6 Å². The molecule has 1 aromatic heterocycles. The van der Waals surface area contributed by atoms with Crippen LogP contribution in [-0.4, -0.2) is 41.3 Å². The number of amides is 3. The molecule has 3 aromatic carbocycles. The maximum absolute atomic E-state index is 13.4. The van der Waals surface area contributed by atoms with Crippen molar-refractivity contribution in [2.75, 3.05) is 13.2 Å². The van der Waals surface area contributed by atoms with Gasteiger partial charge in [0.1, 0.15) is 11.3 Å². The molecule has 0 spiro atoms. The predicted molar refractivity (Wildman–Crippen MR) is 147 cm³/mol. The number of fused-ring (bicyclic) bond motifs is 2. The standard InChI is InChI=1S/C31H28N4O4/c32-31(30(38)34-19-36,18-35-16-23-10-13-25(15-27(23)29(35)37)39-17-20-6-7-20)24-11-8-21(9-12-24)26-5-1-3-22-4-2-14-33-28(22)26/h1-5,8-15,19-20H,6-7,16-18,32H2,(H,34,36,38)/t31-/m0/s1. The monoisotopic (exact) mass is 520 g/mol. The number of carbonyl (C=O) groups is 3. The summed E-state index contributed by atoms with van der Waals surface area (Å²) in [5.41, 5.74) is 9.66. The van der Waals surface area contributed by atoms with Crippen molar-refractivity contribution in [3.8, 4) is 16.9 Å². The lowest BCUT2D eigenvalue weighted by molar-refractivity contribution is -0.130. The average molecular weight is 521 g/mol. The minimum atomic E-state index is -1.65. The lowest BCUT2D eigenvalue weighted by Crippen LogP contribution is -2.57. The summed E-state index contributed by atoms with van der Waals surface area (Å²) in [7, 11) is 0. The smallest absolute Gasteiger partial charge is 0.254 e. The van der Waals surface area contributed by atoms with Crippen molar-refractivity contribution < 1.29 is 19.1 Å². The first kappa shape index (κ1) is 24.8. The van der Waals surface area contributed by atoms with Crippen LogP contribution in [0.25, 0.3) is 22.0 Å². The van der Waals surface area contributed by atoms with Crippen molar-refractivity contribution >= 4 is 29.1 Å². The number of pyridine rings is 1. The fourth-order valence-electron chi connectivity index (χ4n) is 5.12. The molecule has 8 heteroatoms. The quantitative estimate of drug-likeness (QED) is 0.325. The molecule has 1 atom stereocenters. The summed E-state index contributed by atoms with van der Waals surface area (Å²) in [5, 5.41) is 3.21. The second-order valence-corrected chi connectivity index (χ2v) is 10.3. The van der Waals surface area contributed by atoms with Gasteiger partial charge in [-0.25, -0.2) is 0 Å². The van der Waals surface area contributed by atoms with E-state index in [1.54, 1.807) is 29.3 Å². The highest BCUT2D eigenvalue weighted by Gasteiger charge is 2.41. The second-order valence-electron chi connectivity index (χ2n) is 10.3. The predicted octanol–water partition coefficient (Wildman–Crippen LogP) is 3.77. The molecule has 1 aliphatic heterocycles. The first-order valence-corrected chi connectivity index (χ1v) is 13.0. The molecular weight excluding hydrogens is 492 g/mol. The number of imide groups is 1. The van der Waals surface area contributed by atoms with Crippen molar-refractivity contribution in [2.24, 2.45) is 11.7 Å². The summed E-state index contributed by atoms with van der Waals surface area (Å²) in [6.07, 6.45) is 4.42. The van der Waals surface area contributed by atoms with Crippen LogP contribution >= 0.6 is 0 Å². The molecule has 1 fully saturated rings. The summed E-state index contributed by atoms with van der Waals surface area (Å²) in [5.74, 6) is 0.346. The van der Waals surface area contributed by atoms with Gasteiger partial charge in [0.05, 0.1) is 18.7 Å². The summed E-state index contributed by atoms with van der Waals surface area (Å²) >= 11 is 0.